The van der Waals surface area contributed by atoms with Gasteiger partial charge in [-0.2, -0.15) is 0 Å². The van der Waals surface area contributed by atoms with Crippen LogP contribution in [0.3, 0.4) is 0 Å². The van der Waals surface area contributed by atoms with Gasteiger partial charge < -0.3 is 0 Å². The van der Waals surface area contributed by atoms with Gasteiger partial charge in [-0.3, -0.25) is 4.40 Å². The summed E-state index contributed by atoms with van der Waals surface area (Å²) < 4.78 is 1.96. The maximum atomic E-state index is 4.10. The lowest BCUT2D eigenvalue weighted by molar-refractivity contribution is 1.10. The van der Waals surface area contributed by atoms with Crippen LogP contribution >= 0.6 is 0 Å². The first-order chi connectivity index (χ1) is 6.86. The Hall–Kier alpha value is -1.90. The molecule has 1 aromatic carbocycles. The fourth-order valence-electron chi connectivity index (χ4n) is 1.83. The average molecular weight is 183 g/mol. The Bertz CT molecular complexity index is 610. The van der Waals surface area contributed by atoms with E-state index in [1.807, 2.05) is 16.5 Å². The van der Waals surface area contributed by atoms with Crippen molar-refractivity contribution >= 4 is 16.4 Å². The molecule has 0 unspecified atom stereocenters. The second-order valence-corrected chi connectivity index (χ2v) is 3.42. The summed E-state index contributed by atoms with van der Waals surface area (Å²) in [5, 5.41) is 10.4. The number of aromatic nitrogens is 3. The normalized spacial score (nSPS) is 11.2. The van der Waals surface area contributed by atoms with Crippen LogP contribution in [0.15, 0.2) is 36.8 Å². The fourth-order valence-corrected chi connectivity index (χ4v) is 1.83. The molecule has 0 saturated carbocycles. The van der Waals surface area contributed by atoms with E-state index in [1.165, 1.54) is 10.9 Å². The number of benzene rings is 1. The number of fused-ring (bicyclic) bond motifs is 3. The van der Waals surface area contributed by atoms with Gasteiger partial charge in [0.2, 0.25) is 0 Å². The molecule has 0 aliphatic heterocycles. The molecular formula is C11H9N3. The third-order valence-corrected chi connectivity index (χ3v) is 2.50. The predicted molar refractivity (Wildman–Crippen MR) is 55.2 cm³/mol. The Kier molecular flexibility index (Phi) is 1.36. The highest BCUT2D eigenvalue weighted by Crippen LogP contribution is 2.21. The molecule has 0 spiro atoms. The molecule has 2 heterocycles. The van der Waals surface area contributed by atoms with E-state index in [4.69, 9.17) is 0 Å². The highest BCUT2D eigenvalue weighted by molar-refractivity contribution is 5.95. The number of aryl methyl sites for hydroxylation is 1. The Morgan fingerprint density at radius 3 is 2.79 bits per heavy atom. The van der Waals surface area contributed by atoms with Crippen LogP contribution < -0.4 is 0 Å². The summed E-state index contributed by atoms with van der Waals surface area (Å²) in [7, 11) is 0. The van der Waals surface area contributed by atoms with E-state index in [0.29, 0.717) is 0 Å². The van der Waals surface area contributed by atoms with E-state index in [0.717, 1.165) is 11.0 Å². The van der Waals surface area contributed by atoms with E-state index in [9.17, 15) is 0 Å². The Labute approximate surface area is 81.0 Å². The van der Waals surface area contributed by atoms with Gasteiger partial charge in [0.25, 0.3) is 0 Å². The summed E-state index contributed by atoms with van der Waals surface area (Å²) in [6, 6.07) is 8.25. The van der Waals surface area contributed by atoms with Gasteiger partial charge in [0.05, 0.1) is 0 Å². The second-order valence-electron chi connectivity index (χ2n) is 3.42. The molecular weight excluding hydrogens is 174 g/mol. The maximum absolute atomic E-state index is 4.10. The zero-order valence-corrected chi connectivity index (χ0v) is 7.81. The van der Waals surface area contributed by atoms with Gasteiger partial charge in [-0.15, -0.1) is 10.2 Å². The van der Waals surface area contributed by atoms with Gasteiger partial charge >= 0.3 is 0 Å². The monoisotopic (exact) mass is 183 g/mol. The molecule has 0 aliphatic carbocycles. The number of hydrogen-bond donors (Lipinski definition) is 0. The van der Waals surface area contributed by atoms with E-state index < -0.39 is 0 Å². The van der Waals surface area contributed by atoms with Crippen molar-refractivity contribution in [3.63, 3.8) is 0 Å². The van der Waals surface area contributed by atoms with Crippen LogP contribution in [0.25, 0.3) is 16.4 Å². The number of pyridine rings is 1. The third-order valence-electron chi connectivity index (χ3n) is 2.50. The first kappa shape index (κ1) is 7.50. The SMILES string of the molecule is Cc1cn2cnnc2c2ccccc12. The molecule has 0 atom stereocenters. The largest absolute Gasteiger partial charge is 0.288 e. The molecule has 0 radical (unpaired) electrons. The minimum absolute atomic E-state index is 0.922. The molecule has 3 heteroatoms. The van der Waals surface area contributed by atoms with Crippen molar-refractivity contribution in [1.82, 2.24) is 14.6 Å². The summed E-state index contributed by atoms with van der Waals surface area (Å²) >= 11 is 0. The van der Waals surface area contributed by atoms with Crippen LogP contribution in [-0.4, -0.2) is 14.6 Å². The standard InChI is InChI=1S/C11H9N3/c1-8-6-14-7-12-13-11(14)10-5-3-2-4-9(8)10/h2-7H,1H3. The third kappa shape index (κ3) is 0.865. The van der Waals surface area contributed by atoms with E-state index in [1.54, 1.807) is 6.33 Å². The Balaban J connectivity index is 2.67. The van der Waals surface area contributed by atoms with Gasteiger partial charge in [-0.05, 0) is 17.9 Å². The lowest BCUT2D eigenvalue weighted by atomic mass is 10.1. The smallest absolute Gasteiger partial charge is 0.168 e. The number of nitrogens with zero attached hydrogens (tertiary/aromatic N) is 3. The number of hydrogen-bond acceptors (Lipinski definition) is 2. The molecule has 68 valence electrons. The van der Waals surface area contributed by atoms with Crippen LogP contribution in [0.4, 0.5) is 0 Å². The molecule has 2 aromatic heterocycles. The van der Waals surface area contributed by atoms with Gasteiger partial charge in [0.15, 0.2) is 5.65 Å². The summed E-state index contributed by atoms with van der Waals surface area (Å²) in [5.74, 6) is 0. The Morgan fingerprint density at radius 1 is 1.14 bits per heavy atom. The molecule has 14 heavy (non-hydrogen) atoms. The predicted octanol–water partition coefficient (Wildman–Crippen LogP) is 2.19. The first-order valence-electron chi connectivity index (χ1n) is 4.54. The van der Waals surface area contributed by atoms with Gasteiger partial charge in [-0.25, -0.2) is 0 Å². The van der Waals surface area contributed by atoms with Crippen molar-refractivity contribution in [1.29, 1.82) is 0 Å². The van der Waals surface area contributed by atoms with Crippen molar-refractivity contribution in [3.8, 4) is 0 Å². The van der Waals surface area contributed by atoms with Crippen molar-refractivity contribution in [2.24, 2.45) is 0 Å². The molecule has 0 saturated heterocycles. The van der Waals surface area contributed by atoms with E-state index in [-0.39, 0.29) is 0 Å². The minimum atomic E-state index is 0.922. The van der Waals surface area contributed by atoms with E-state index >= 15 is 0 Å². The zero-order valence-electron chi connectivity index (χ0n) is 7.81. The highest BCUT2D eigenvalue weighted by atomic mass is 15.2. The lowest BCUT2D eigenvalue weighted by Crippen LogP contribution is -1.88. The minimum Gasteiger partial charge on any atom is -0.288 e. The molecule has 0 amide bonds. The van der Waals surface area contributed by atoms with Crippen molar-refractivity contribution in [2.75, 3.05) is 0 Å². The molecule has 0 aliphatic rings. The first-order valence-corrected chi connectivity index (χ1v) is 4.54. The Morgan fingerprint density at radius 2 is 1.93 bits per heavy atom. The van der Waals surface area contributed by atoms with Crippen molar-refractivity contribution in [3.05, 3.63) is 42.4 Å². The fraction of sp³-hybridized carbons (Fsp3) is 0.0909. The van der Waals surface area contributed by atoms with Crippen LogP contribution in [-0.2, 0) is 0 Å². The van der Waals surface area contributed by atoms with Crippen molar-refractivity contribution < 1.29 is 0 Å². The van der Waals surface area contributed by atoms with Crippen LogP contribution in [0, 0.1) is 6.92 Å². The van der Waals surface area contributed by atoms with Crippen LogP contribution in [0.5, 0.6) is 0 Å². The summed E-state index contributed by atoms with van der Waals surface area (Å²) in [6.07, 6.45) is 3.78. The molecule has 3 rings (SSSR count). The lowest BCUT2D eigenvalue weighted by Gasteiger charge is -2.02. The quantitative estimate of drug-likeness (QED) is 0.534. The molecule has 0 bridgehead atoms. The molecule has 0 fully saturated rings. The zero-order chi connectivity index (χ0) is 9.54. The van der Waals surface area contributed by atoms with Crippen molar-refractivity contribution in [2.45, 2.75) is 6.92 Å². The van der Waals surface area contributed by atoms with Crippen LogP contribution in [0.1, 0.15) is 5.56 Å². The summed E-state index contributed by atoms with van der Waals surface area (Å²) in [5.41, 5.74) is 2.17. The van der Waals surface area contributed by atoms with Gasteiger partial charge in [-0.1, -0.05) is 24.3 Å². The maximum Gasteiger partial charge on any atom is 0.168 e. The number of rotatable bonds is 0. The van der Waals surface area contributed by atoms with E-state index in [2.05, 4.69) is 35.5 Å². The molecule has 3 aromatic rings. The molecule has 3 nitrogen and oxygen atoms in total. The summed E-state index contributed by atoms with van der Waals surface area (Å²) in [4.78, 5) is 0. The second kappa shape index (κ2) is 2.54. The van der Waals surface area contributed by atoms with Gasteiger partial charge in [0, 0.05) is 11.6 Å². The summed E-state index contributed by atoms with van der Waals surface area (Å²) in [6.45, 7) is 2.10. The molecule has 0 N–H and O–H groups in total. The average Bonchev–Trinajstić information content (AvgIpc) is 2.66. The highest BCUT2D eigenvalue weighted by Gasteiger charge is 2.03. The van der Waals surface area contributed by atoms with Gasteiger partial charge in [0.1, 0.15) is 6.33 Å². The van der Waals surface area contributed by atoms with Crippen LogP contribution in [0.2, 0.25) is 0 Å². The topological polar surface area (TPSA) is 30.2 Å².